The lowest BCUT2D eigenvalue weighted by atomic mass is 9.66. The number of hydrogen-bond acceptors (Lipinski definition) is 8. The zero-order valence-corrected chi connectivity index (χ0v) is 16.8. The molecule has 2 aromatic carbocycles. The summed E-state index contributed by atoms with van der Waals surface area (Å²) in [5.74, 6) is 0.870. The Kier molecular flexibility index (Phi) is 4.39. The Bertz CT molecular complexity index is 1020. The molecule has 0 radical (unpaired) electrons. The molecule has 0 bridgehead atoms. The lowest BCUT2D eigenvalue weighted by molar-refractivity contribution is -0.141. The van der Waals surface area contributed by atoms with E-state index in [0.29, 0.717) is 34.3 Å². The third-order valence-electron chi connectivity index (χ3n) is 6.22. The molecule has 2 heterocycles. The zero-order chi connectivity index (χ0) is 21.0. The SMILES string of the molecule is COc1ccc([C@@H]2c3cc4c(cc3[C@H](O)[C@H]3COC(=O)[C@@H]23)OCO4)c(OC)c1OC. The molecule has 1 saturated heterocycles. The van der Waals surface area contributed by atoms with Crippen molar-refractivity contribution >= 4 is 5.97 Å². The van der Waals surface area contributed by atoms with Crippen molar-refractivity contribution in [2.75, 3.05) is 34.7 Å². The van der Waals surface area contributed by atoms with E-state index in [0.717, 1.165) is 11.1 Å². The summed E-state index contributed by atoms with van der Waals surface area (Å²) in [5, 5.41) is 11.1. The third-order valence-corrected chi connectivity index (χ3v) is 6.22. The number of methoxy groups -OCH3 is 3. The van der Waals surface area contributed by atoms with Crippen molar-refractivity contribution in [3.63, 3.8) is 0 Å². The quantitative estimate of drug-likeness (QED) is 0.763. The molecule has 1 fully saturated rings. The van der Waals surface area contributed by atoms with Gasteiger partial charge in [-0.25, -0.2) is 0 Å². The Morgan fingerprint density at radius 1 is 0.900 bits per heavy atom. The van der Waals surface area contributed by atoms with Gasteiger partial charge in [-0.05, 0) is 29.3 Å². The minimum absolute atomic E-state index is 0.119. The Labute approximate surface area is 173 Å². The number of ether oxygens (including phenoxy) is 6. The predicted octanol–water partition coefficient (Wildman–Crippen LogP) is 2.41. The molecule has 2 aromatic rings. The highest BCUT2D eigenvalue weighted by Crippen LogP contribution is 2.56. The van der Waals surface area contributed by atoms with E-state index < -0.39 is 17.9 Å². The van der Waals surface area contributed by atoms with Crippen LogP contribution in [-0.4, -0.2) is 45.8 Å². The van der Waals surface area contributed by atoms with Gasteiger partial charge in [0.05, 0.1) is 40.0 Å². The molecule has 158 valence electrons. The number of esters is 1. The Morgan fingerprint density at radius 2 is 1.60 bits per heavy atom. The van der Waals surface area contributed by atoms with Gasteiger partial charge >= 0.3 is 5.97 Å². The van der Waals surface area contributed by atoms with Crippen LogP contribution in [0.4, 0.5) is 0 Å². The molecule has 8 nitrogen and oxygen atoms in total. The lowest BCUT2D eigenvalue weighted by Crippen LogP contribution is -2.34. The number of carbonyl (C=O) groups excluding carboxylic acids is 1. The highest BCUT2D eigenvalue weighted by atomic mass is 16.7. The van der Waals surface area contributed by atoms with Crippen LogP contribution in [0.15, 0.2) is 24.3 Å². The second kappa shape index (κ2) is 6.98. The maximum Gasteiger partial charge on any atom is 0.310 e. The molecule has 5 rings (SSSR count). The van der Waals surface area contributed by atoms with Gasteiger partial charge in [0, 0.05) is 17.4 Å². The van der Waals surface area contributed by atoms with E-state index in [9.17, 15) is 9.90 Å². The van der Waals surface area contributed by atoms with E-state index in [1.165, 1.54) is 7.11 Å². The van der Waals surface area contributed by atoms with Crippen molar-refractivity contribution in [1.29, 1.82) is 0 Å². The summed E-state index contributed by atoms with van der Waals surface area (Å²) < 4.78 is 33.1. The van der Waals surface area contributed by atoms with Crippen molar-refractivity contribution in [2.45, 2.75) is 12.0 Å². The molecule has 8 heteroatoms. The maximum atomic E-state index is 12.8. The number of aliphatic hydroxyl groups excluding tert-OH is 1. The van der Waals surface area contributed by atoms with Gasteiger partial charge in [0.1, 0.15) is 0 Å². The van der Waals surface area contributed by atoms with Crippen LogP contribution in [0.2, 0.25) is 0 Å². The van der Waals surface area contributed by atoms with E-state index in [1.807, 2.05) is 12.1 Å². The highest BCUT2D eigenvalue weighted by molar-refractivity contribution is 5.79. The van der Waals surface area contributed by atoms with Crippen molar-refractivity contribution in [3.8, 4) is 28.7 Å². The highest BCUT2D eigenvalue weighted by Gasteiger charge is 2.53. The predicted molar refractivity (Wildman–Crippen MR) is 103 cm³/mol. The number of benzene rings is 2. The second-order valence-corrected chi connectivity index (χ2v) is 7.50. The molecule has 0 unspecified atom stereocenters. The van der Waals surface area contributed by atoms with Crippen LogP contribution in [0.5, 0.6) is 28.7 Å². The van der Waals surface area contributed by atoms with Gasteiger partial charge in [-0.3, -0.25) is 4.79 Å². The summed E-state index contributed by atoms with van der Waals surface area (Å²) in [7, 11) is 4.63. The molecule has 2 aliphatic heterocycles. The Hall–Kier alpha value is -3.13. The molecule has 0 saturated carbocycles. The Balaban J connectivity index is 1.77. The van der Waals surface area contributed by atoms with Gasteiger partial charge in [0.25, 0.3) is 0 Å². The number of cyclic esters (lactones) is 1. The number of carbonyl (C=O) groups is 1. The number of fused-ring (bicyclic) bond motifs is 3. The van der Waals surface area contributed by atoms with E-state index in [-0.39, 0.29) is 25.3 Å². The van der Waals surface area contributed by atoms with Crippen LogP contribution in [0.3, 0.4) is 0 Å². The first-order valence-corrected chi connectivity index (χ1v) is 9.66. The molecule has 0 amide bonds. The number of aliphatic hydroxyl groups is 1. The van der Waals surface area contributed by atoms with Crippen LogP contribution < -0.4 is 23.7 Å². The summed E-state index contributed by atoms with van der Waals surface area (Å²) in [6.07, 6.45) is -0.853. The van der Waals surface area contributed by atoms with Gasteiger partial charge in [-0.2, -0.15) is 0 Å². The van der Waals surface area contributed by atoms with Crippen LogP contribution >= 0.6 is 0 Å². The topological polar surface area (TPSA) is 92.7 Å². The average molecular weight is 414 g/mol. The van der Waals surface area contributed by atoms with E-state index in [4.69, 9.17) is 28.4 Å². The van der Waals surface area contributed by atoms with Gasteiger partial charge in [0.2, 0.25) is 12.5 Å². The molecule has 1 N–H and O–H groups in total. The van der Waals surface area contributed by atoms with Crippen molar-refractivity contribution in [3.05, 3.63) is 41.0 Å². The summed E-state index contributed by atoms with van der Waals surface area (Å²) >= 11 is 0. The van der Waals surface area contributed by atoms with E-state index in [2.05, 4.69) is 0 Å². The van der Waals surface area contributed by atoms with Crippen LogP contribution in [0.25, 0.3) is 0 Å². The minimum atomic E-state index is -0.853. The summed E-state index contributed by atoms with van der Waals surface area (Å²) in [6, 6.07) is 7.27. The molecule has 4 atom stereocenters. The van der Waals surface area contributed by atoms with Crippen LogP contribution in [0.1, 0.15) is 28.7 Å². The van der Waals surface area contributed by atoms with Crippen LogP contribution in [0, 0.1) is 11.8 Å². The molecule has 1 aliphatic carbocycles. The standard InChI is InChI=1S/C22H22O8/c1-25-14-5-4-10(20(26-2)21(14)27-3)17-11-6-15-16(30-9-29-15)7-12(11)19(23)13-8-28-22(24)18(13)17/h4-7,13,17-19,23H,8-9H2,1-3H3/t13-,17+,18+,19-/m0/s1. The average Bonchev–Trinajstić information content (AvgIpc) is 3.38. The largest absolute Gasteiger partial charge is 0.493 e. The lowest BCUT2D eigenvalue weighted by Gasteiger charge is -2.37. The Morgan fingerprint density at radius 3 is 2.27 bits per heavy atom. The number of hydrogen-bond donors (Lipinski definition) is 1. The monoisotopic (exact) mass is 414 g/mol. The van der Waals surface area contributed by atoms with Gasteiger partial charge < -0.3 is 33.5 Å². The number of rotatable bonds is 4. The molecule has 3 aliphatic rings. The molecular formula is C22H22O8. The molecule has 0 spiro atoms. The summed E-state index contributed by atoms with van der Waals surface area (Å²) in [4.78, 5) is 12.8. The third kappa shape index (κ3) is 2.53. The van der Waals surface area contributed by atoms with Crippen molar-refractivity contribution in [2.24, 2.45) is 11.8 Å². The van der Waals surface area contributed by atoms with Crippen LogP contribution in [-0.2, 0) is 9.53 Å². The normalized spacial score (nSPS) is 25.9. The fraction of sp³-hybridized carbons (Fsp3) is 0.409. The first kappa shape index (κ1) is 18.9. The van der Waals surface area contributed by atoms with Gasteiger partial charge in [0.15, 0.2) is 23.0 Å². The second-order valence-electron chi connectivity index (χ2n) is 7.50. The molecule has 30 heavy (non-hydrogen) atoms. The smallest absolute Gasteiger partial charge is 0.310 e. The first-order valence-electron chi connectivity index (χ1n) is 9.66. The van der Waals surface area contributed by atoms with Crippen molar-refractivity contribution < 1.29 is 38.3 Å². The fourth-order valence-corrected chi connectivity index (χ4v) is 4.88. The summed E-state index contributed by atoms with van der Waals surface area (Å²) in [5.41, 5.74) is 2.22. The van der Waals surface area contributed by atoms with E-state index >= 15 is 0 Å². The molecule has 0 aromatic heterocycles. The van der Waals surface area contributed by atoms with Gasteiger partial charge in [-0.15, -0.1) is 0 Å². The van der Waals surface area contributed by atoms with Crippen molar-refractivity contribution in [1.82, 2.24) is 0 Å². The minimum Gasteiger partial charge on any atom is -0.493 e. The molecular weight excluding hydrogens is 392 g/mol. The maximum absolute atomic E-state index is 12.8. The first-order chi connectivity index (χ1) is 14.6. The summed E-state index contributed by atoms with van der Waals surface area (Å²) in [6.45, 7) is 0.276. The zero-order valence-electron chi connectivity index (χ0n) is 16.8. The fourth-order valence-electron chi connectivity index (χ4n) is 4.88. The van der Waals surface area contributed by atoms with Gasteiger partial charge in [-0.1, -0.05) is 6.07 Å². The van der Waals surface area contributed by atoms with E-state index in [1.54, 1.807) is 26.4 Å².